The fourth-order valence-corrected chi connectivity index (χ4v) is 9.50. The molecule has 0 spiro atoms. The fraction of sp³-hybridized carbons (Fsp3) is 0. The van der Waals surface area contributed by atoms with Crippen LogP contribution in [0.4, 0.5) is 5.69 Å². The number of para-hydroxylation sites is 1. The molecule has 0 amide bonds. The van der Waals surface area contributed by atoms with Gasteiger partial charge in [-0.05, 0) is 76.2 Å². The average molecular weight is 704 g/mol. The molecule has 0 atom stereocenters. The van der Waals surface area contributed by atoms with Gasteiger partial charge in [-0.25, -0.2) is 9.83 Å². The van der Waals surface area contributed by atoms with Gasteiger partial charge in [0.25, 0.3) is 0 Å². The molecule has 3 heterocycles. The van der Waals surface area contributed by atoms with E-state index in [1.165, 1.54) is 36.3 Å². The van der Waals surface area contributed by atoms with Crippen LogP contribution in [-0.2, 0) is 0 Å². The van der Waals surface area contributed by atoms with E-state index >= 15 is 0 Å². The second kappa shape index (κ2) is 12.0. The van der Waals surface area contributed by atoms with Gasteiger partial charge in [-0.1, -0.05) is 127 Å². The van der Waals surface area contributed by atoms with Crippen molar-refractivity contribution in [2.75, 3.05) is 0 Å². The first-order valence-corrected chi connectivity index (χ1v) is 18.9. The van der Waals surface area contributed by atoms with Crippen LogP contribution < -0.4 is 0 Å². The first-order valence-electron chi connectivity index (χ1n) is 18.1. The molecule has 0 aliphatic carbocycles. The van der Waals surface area contributed by atoms with Crippen molar-refractivity contribution < 1.29 is 0 Å². The third-order valence-corrected chi connectivity index (χ3v) is 12.0. The molecule has 11 rings (SSSR count). The van der Waals surface area contributed by atoms with Gasteiger partial charge in [0, 0.05) is 53.0 Å². The Kier molecular flexibility index (Phi) is 6.79. The molecule has 250 valence electrons. The number of pyridine rings is 1. The highest BCUT2D eigenvalue weighted by Crippen LogP contribution is 2.44. The summed E-state index contributed by atoms with van der Waals surface area (Å²) in [5.74, 6) is 0. The molecule has 0 radical (unpaired) electrons. The molecule has 3 nitrogen and oxygen atoms in total. The minimum absolute atomic E-state index is 0.645. The lowest BCUT2D eigenvalue weighted by atomic mass is 9.95. The topological polar surface area (TPSA) is 22.2 Å². The van der Waals surface area contributed by atoms with Crippen molar-refractivity contribution in [1.82, 2.24) is 9.55 Å². The largest absolute Gasteiger partial charge is 0.309 e. The van der Waals surface area contributed by atoms with Gasteiger partial charge < -0.3 is 4.57 Å². The van der Waals surface area contributed by atoms with Gasteiger partial charge in [-0.15, -0.1) is 11.3 Å². The van der Waals surface area contributed by atoms with Crippen molar-refractivity contribution >= 4 is 80.7 Å². The zero-order valence-corrected chi connectivity index (χ0v) is 29.8. The molecule has 0 saturated heterocycles. The Hall–Kier alpha value is -7.06. The molecule has 3 aromatic heterocycles. The Morgan fingerprint density at radius 1 is 0.463 bits per heavy atom. The van der Waals surface area contributed by atoms with Gasteiger partial charge in [0.05, 0.1) is 28.8 Å². The number of hydrogen-bond donors (Lipinski definition) is 0. The van der Waals surface area contributed by atoms with E-state index in [0.717, 1.165) is 66.5 Å². The first kappa shape index (κ1) is 30.6. The highest BCUT2D eigenvalue weighted by Gasteiger charge is 2.18. The molecular formula is C50H29N3S. The molecule has 0 saturated carbocycles. The normalized spacial score (nSPS) is 11.7. The summed E-state index contributed by atoms with van der Waals surface area (Å²) in [6.07, 6.45) is 0. The molecular weight excluding hydrogens is 675 g/mol. The van der Waals surface area contributed by atoms with Gasteiger partial charge in [-0.2, -0.15) is 0 Å². The minimum atomic E-state index is 0.645. The fourth-order valence-electron chi connectivity index (χ4n) is 8.24. The molecule has 0 aliphatic heterocycles. The maximum Gasteiger partial charge on any atom is 0.188 e. The predicted octanol–water partition coefficient (Wildman–Crippen LogP) is 14.4. The molecule has 0 bridgehead atoms. The van der Waals surface area contributed by atoms with Crippen molar-refractivity contribution in [3.05, 3.63) is 187 Å². The Morgan fingerprint density at radius 2 is 1.07 bits per heavy atom. The number of thiophene rings is 1. The van der Waals surface area contributed by atoms with Crippen molar-refractivity contribution in [2.24, 2.45) is 0 Å². The van der Waals surface area contributed by atoms with Gasteiger partial charge in [0.2, 0.25) is 0 Å². The summed E-state index contributed by atoms with van der Waals surface area (Å²) in [6, 6.07) is 62.5. The zero-order chi connectivity index (χ0) is 35.8. The summed E-state index contributed by atoms with van der Waals surface area (Å²) in [5.41, 5.74) is 11.7. The van der Waals surface area contributed by atoms with Crippen LogP contribution in [-0.4, -0.2) is 9.55 Å². The Balaban J connectivity index is 1.04. The predicted molar refractivity (Wildman–Crippen MR) is 229 cm³/mol. The second-order valence-electron chi connectivity index (χ2n) is 13.8. The lowest BCUT2D eigenvalue weighted by Gasteiger charge is -2.13. The molecule has 4 heteroatoms. The number of nitrogens with zero attached hydrogens (tertiary/aromatic N) is 3. The van der Waals surface area contributed by atoms with Crippen molar-refractivity contribution in [2.45, 2.75) is 0 Å². The number of fused-ring (bicyclic) bond motifs is 10. The van der Waals surface area contributed by atoms with Gasteiger partial charge in [-0.3, -0.25) is 0 Å². The van der Waals surface area contributed by atoms with E-state index in [2.05, 4.69) is 167 Å². The van der Waals surface area contributed by atoms with Crippen LogP contribution in [0, 0.1) is 6.57 Å². The van der Waals surface area contributed by atoms with Gasteiger partial charge in [0.1, 0.15) is 0 Å². The third-order valence-electron chi connectivity index (χ3n) is 10.8. The van der Waals surface area contributed by atoms with E-state index in [-0.39, 0.29) is 0 Å². The van der Waals surface area contributed by atoms with Crippen LogP contribution in [0.25, 0.3) is 108 Å². The summed E-state index contributed by atoms with van der Waals surface area (Å²) in [6.45, 7) is 7.66. The molecule has 0 N–H and O–H groups in total. The molecule has 0 aliphatic rings. The summed E-state index contributed by atoms with van der Waals surface area (Å²) in [5, 5.41) is 8.44. The number of benzene rings is 8. The quantitative estimate of drug-likeness (QED) is 0.132. The molecule has 11 aromatic rings. The standard InChI is InChI=1S/C50H29N3S/c1-51-36-22-27-46-43(30-36)42-28-34(21-26-45(42)53(46)37-12-6-3-7-13-37)31-16-18-32(19-17-31)35-20-23-40-44(29-35)52-49(33-10-4-2-5-11-33)41-25-24-39-38-14-8-9-15-47(38)54-50(39)48(40)41/h2-30H. The highest BCUT2D eigenvalue weighted by atomic mass is 32.1. The van der Waals surface area contributed by atoms with E-state index < -0.39 is 0 Å². The molecule has 0 fully saturated rings. The minimum Gasteiger partial charge on any atom is -0.309 e. The summed E-state index contributed by atoms with van der Waals surface area (Å²) in [7, 11) is 0. The average Bonchev–Trinajstić information content (AvgIpc) is 3.79. The van der Waals surface area contributed by atoms with E-state index in [9.17, 15) is 0 Å². The molecule has 0 unspecified atom stereocenters. The zero-order valence-electron chi connectivity index (χ0n) is 29.0. The summed E-state index contributed by atoms with van der Waals surface area (Å²) in [4.78, 5) is 9.10. The summed E-state index contributed by atoms with van der Waals surface area (Å²) >= 11 is 1.87. The lowest BCUT2D eigenvalue weighted by Crippen LogP contribution is -1.92. The first-order chi connectivity index (χ1) is 26.7. The van der Waals surface area contributed by atoms with Crippen molar-refractivity contribution in [1.29, 1.82) is 0 Å². The number of hydrogen-bond acceptors (Lipinski definition) is 2. The highest BCUT2D eigenvalue weighted by molar-refractivity contribution is 7.26. The van der Waals surface area contributed by atoms with Gasteiger partial charge in [0.15, 0.2) is 5.69 Å². The van der Waals surface area contributed by atoms with E-state index in [0.29, 0.717) is 5.69 Å². The molecule has 54 heavy (non-hydrogen) atoms. The Labute approximate surface area is 315 Å². The van der Waals surface area contributed by atoms with Crippen LogP contribution in [0.2, 0.25) is 0 Å². The van der Waals surface area contributed by atoms with Crippen LogP contribution >= 0.6 is 11.3 Å². The van der Waals surface area contributed by atoms with Crippen molar-refractivity contribution in [3.63, 3.8) is 0 Å². The Bertz CT molecular complexity index is 3310. The number of rotatable bonds is 4. The van der Waals surface area contributed by atoms with Gasteiger partial charge >= 0.3 is 0 Å². The third kappa shape index (κ3) is 4.70. The smallest absolute Gasteiger partial charge is 0.188 e. The number of aromatic nitrogens is 2. The van der Waals surface area contributed by atoms with E-state index in [4.69, 9.17) is 11.6 Å². The lowest BCUT2D eigenvalue weighted by molar-refractivity contribution is 1.18. The SMILES string of the molecule is [C-]#[N+]c1ccc2c(c1)c1cc(-c3ccc(-c4ccc5c(c4)nc(-c4ccccc4)c4ccc6c7ccccc7sc6c45)cc3)ccc1n2-c1ccccc1. The van der Waals surface area contributed by atoms with Crippen molar-refractivity contribution in [3.8, 4) is 39.2 Å². The summed E-state index contributed by atoms with van der Waals surface area (Å²) < 4.78 is 4.90. The monoisotopic (exact) mass is 703 g/mol. The molecule has 8 aromatic carbocycles. The van der Waals surface area contributed by atoms with Crippen LogP contribution in [0.1, 0.15) is 0 Å². The van der Waals surface area contributed by atoms with Crippen LogP contribution in [0.5, 0.6) is 0 Å². The van der Waals surface area contributed by atoms with E-state index in [1.54, 1.807) is 0 Å². The van der Waals surface area contributed by atoms with Crippen LogP contribution in [0.15, 0.2) is 176 Å². The maximum atomic E-state index is 7.66. The Morgan fingerprint density at radius 3 is 1.85 bits per heavy atom. The van der Waals surface area contributed by atoms with Crippen LogP contribution in [0.3, 0.4) is 0 Å². The van der Waals surface area contributed by atoms with E-state index in [1.807, 2.05) is 29.5 Å². The maximum absolute atomic E-state index is 7.66. The second-order valence-corrected chi connectivity index (χ2v) is 14.9.